The number of phosphoric acid groups is 1. The van der Waals surface area contributed by atoms with Gasteiger partial charge in [0.05, 0.1) is 51.3 Å². The van der Waals surface area contributed by atoms with Crippen LogP contribution in [0.1, 0.15) is 153 Å². The Labute approximate surface area is 547 Å². The molecule has 1 unspecified atom stereocenters. The fraction of sp³-hybridized carbons (Fsp3) is 0.790. The number of hydrogen-bond acceptors (Lipinski definition) is 26. The lowest BCUT2D eigenvalue weighted by Crippen LogP contribution is -2.64. The van der Waals surface area contributed by atoms with Gasteiger partial charge in [0, 0.05) is 110 Å². The summed E-state index contributed by atoms with van der Waals surface area (Å²) in [6.45, 7) is 2.60. The summed E-state index contributed by atoms with van der Waals surface area (Å²) in [7, 11) is -3.29. The van der Waals surface area contributed by atoms with Gasteiger partial charge in [0.25, 0.3) is 0 Å². The van der Waals surface area contributed by atoms with Crippen LogP contribution in [0.15, 0.2) is 18.2 Å². The zero-order valence-electron chi connectivity index (χ0n) is 54.2. The summed E-state index contributed by atoms with van der Waals surface area (Å²) in [4.78, 5) is 103. The van der Waals surface area contributed by atoms with Gasteiger partial charge in [-0.3, -0.25) is 42.6 Å². The molecule has 0 aromatic heterocycles. The Bertz CT molecular complexity index is 2530. The molecule has 3 saturated heterocycles. The molecule has 0 spiro atoms. The number of aliphatic hydroxyl groups is 10. The van der Waals surface area contributed by atoms with Crippen molar-refractivity contribution in [2.45, 2.75) is 242 Å². The fourth-order valence-corrected chi connectivity index (χ4v) is 11.4. The van der Waals surface area contributed by atoms with Crippen LogP contribution in [0.5, 0.6) is 0 Å². The molecule has 0 bridgehead atoms. The highest BCUT2D eigenvalue weighted by Crippen LogP contribution is 2.43. The van der Waals surface area contributed by atoms with Crippen molar-refractivity contribution in [2.24, 2.45) is 17.8 Å². The average Bonchev–Trinajstić information content (AvgIpc) is 0.852. The molecule has 4 amide bonds. The zero-order chi connectivity index (χ0) is 69.5. The smallest absolute Gasteiger partial charge is 0.394 e. The van der Waals surface area contributed by atoms with E-state index in [0.29, 0.717) is 61.6 Å². The molecule has 0 saturated carbocycles. The summed E-state index contributed by atoms with van der Waals surface area (Å²) in [6.07, 6.45) is -12.1. The SMILES string of the molecule is COP(=O)(O)OCc1cc(CO)cc(CNC(=O)CCCCC(=O)[C@H](CCC(=O)NCCCCO[C@@H]2O[C@H](CO)[C@H](O)[C@H](O)[C@H]2C)NC(=O)[C@H](CCC(=O)CCCCCO[C@@H]2O[C@H](CO)[C@H](O)[C@H](O)[C@H]2NC(C)=O)CC(=O)CCCCO[C@@H]2O[C@H](CO)[C@H](O)[C@H](O)[C@H]2C)c1. The predicted octanol–water partition coefficient (Wildman–Crippen LogP) is -0.851. The van der Waals surface area contributed by atoms with Crippen LogP contribution in [0, 0.1) is 17.8 Å². The maximum atomic E-state index is 14.4. The van der Waals surface area contributed by atoms with Gasteiger partial charge in [0.1, 0.15) is 60.3 Å². The van der Waals surface area contributed by atoms with Gasteiger partial charge in [-0.25, -0.2) is 4.57 Å². The van der Waals surface area contributed by atoms with Crippen molar-refractivity contribution in [2.75, 3.05) is 53.3 Å². The lowest BCUT2D eigenvalue weighted by Gasteiger charge is -2.42. The molecule has 3 aliphatic heterocycles. The van der Waals surface area contributed by atoms with E-state index in [9.17, 15) is 94.1 Å². The first-order chi connectivity index (χ1) is 44.8. The second-order valence-electron chi connectivity index (χ2n) is 24.3. The summed E-state index contributed by atoms with van der Waals surface area (Å²) >= 11 is 0. The number of hydrogen-bond donors (Lipinski definition) is 15. The van der Waals surface area contributed by atoms with Crippen LogP contribution >= 0.6 is 7.82 Å². The standard InChI is InChI=1S/C62H103N4O27P/c1-36-53(77)55(79)47(32-68)91-60(36)87-24-12-9-15-44(73)29-42(18-19-43(72)14-6-5-11-23-89-62-52(65-38(3)71)58(82)57(81)49(34-70)93-62)59(83)66-45(20-21-51(76)63-22-10-13-25-88-61-37(2)54(78)56(80)48(33-69)92-61)46(74)16-7-8-17-50(75)64-30-39-26-40(31-67)28-41(27-39)35-90-94(84,85)86-4/h26-28,36-37,42,45,47-49,52-58,60-62,67-70,77-82H,5-25,29-35H2,1-4H3,(H,63,76)(H,64,75)(H,65,71)(H,66,83)(H,84,85)/t36-,37-,42-,45+,47-,48-,49-,52-,53-,54-,55+,56+,57+,58-,60-,61-,62-/m1/s1. The van der Waals surface area contributed by atoms with E-state index < -0.39 is 155 Å². The summed E-state index contributed by atoms with van der Waals surface area (Å²) in [5.41, 5.74) is 1.45. The van der Waals surface area contributed by atoms with E-state index in [1.54, 1.807) is 32.0 Å². The molecule has 32 heteroatoms. The van der Waals surface area contributed by atoms with E-state index in [1.807, 2.05) is 0 Å². The lowest BCUT2D eigenvalue weighted by molar-refractivity contribution is -0.282. The third-order valence-corrected chi connectivity index (χ3v) is 17.7. The predicted molar refractivity (Wildman–Crippen MR) is 329 cm³/mol. The second-order valence-corrected chi connectivity index (χ2v) is 25.9. The fourth-order valence-electron chi connectivity index (χ4n) is 11.0. The normalized spacial score (nSPS) is 27.5. The number of carbonyl (C=O) groups is 7. The number of carbonyl (C=O) groups excluding carboxylic acids is 7. The first-order valence-electron chi connectivity index (χ1n) is 32.4. The zero-order valence-corrected chi connectivity index (χ0v) is 55.1. The molecule has 0 aliphatic carbocycles. The molecule has 538 valence electrons. The first kappa shape index (κ1) is 82.0. The highest BCUT2D eigenvalue weighted by molar-refractivity contribution is 7.47. The maximum absolute atomic E-state index is 14.4. The number of nitrogens with one attached hydrogen (secondary N) is 4. The average molecular weight is 1370 g/mol. The molecule has 1 aromatic carbocycles. The van der Waals surface area contributed by atoms with Crippen molar-refractivity contribution in [1.29, 1.82) is 0 Å². The van der Waals surface area contributed by atoms with Gasteiger partial charge in [-0.05, 0) is 80.9 Å². The minimum Gasteiger partial charge on any atom is -0.394 e. The molecule has 3 fully saturated rings. The van der Waals surface area contributed by atoms with Gasteiger partial charge in [0.2, 0.25) is 23.6 Å². The number of rotatable bonds is 46. The number of amides is 4. The third kappa shape index (κ3) is 28.2. The van der Waals surface area contributed by atoms with Crippen LogP contribution < -0.4 is 21.3 Å². The minimum atomic E-state index is -4.30. The molecule has 31 nitrogen and oxygen atoms in total. The Balaban J connectivity index is 1.40. The monoisotopic (exact) mass is 1370 g/mol. The summed E-state index contributed by atoms with van der Waals surface area (Å²) in [5.74, 6) is -5.42. The van der Waals surface area contributed by atoms with Crippen molar-refractivity contribution < 1.29 is 132 Å². The largest absolute Gasteiger partial charge is 0.472 e. The summed E-state index contributed by atoms with van der Waals surface area (Å²) in [5, 5.41) is 112. The molecule has 15 N–H and O–H groups in total. The Morgan fingerprint density at radius 1 is 0.564 bits per heavy atom. The number of benzene rings is 1. The maximum Gasteiger partial charge on any atom is 0.472 e. The molecule has 94 heavy (non-hydrogen) atoms. The van der Waals surface area contributed by atoms with E-state index >= 15 is 0 Å². The van der Waals surface area contributed by atoms with E-state index in [-0.39, 0.29) is 134 Å². The number of aliphatic hydroxyl groups excluding tert-OH is 10. The Hall–Kier alpha value is -4.42. The van der Waals surface area contributed by atoms with Crippen LogP contribution in [-0.2, 0) is 95.4 Å². The van der Waals surface area contributed by atoms with E-state index in [1.165, 1.54) is 6.92 Å². The van der Waals surface area contributed by atoms with E-state index in [0.717, 1.165) is 7.11 Å². The van der Waals surface area contributed by atoms with Gasteiger partial charge in [-0.1, -0.05) is 38.5 Å². The number of ether oxygens (including phenoxy) is 6. The Kier molecular flexibility index (Phi) is 37.6. The van der Waals surface area contributed by atoms with Gasteiger partial charge >= 0.3 is 7.82 Å². The number of ketones is 3. The lowest BCUT2D eigenvalue weighted by atomic mass is 9.91. The Morgan fingerprint density at radius 3 is 1.65 bits per heavy atom. The van der Waals surface area contributed by atoms with Crippen molar-refractivity contribution in [3.8, 4) is 0 Å². The molecule has 3 aliphatic rings. The van der Waals surface area contributed by atoms with Crippen LogP contribution in [0.3, 0.4) is 0 Å². The number of Topliss-reactive ketones (excluding diaryl/α,β-unsaturated/α-hetero) is 3. The molecular weight excluding hydrogens is 1260 g/mol. The van der Waals surface area contributed by atoms with Crippen molar-refractivity contribution in [3.63, 3.8) is 0 Å². The summed E-state index contributed by atoms with van der Waals surface area (Å²) < 4.78 is 55.4. The van der Waals surface area contributed by atoms with E-state index in [2.05, 4.69) is 25.8 Å². The molecule has 4 rings (SSSR count). The van der Waals surface area contributed by atoms with E-state index in [4.69, 9.17) is 32.9 Å². The quantitative estimate of drug-likeness (QED) is 0.0279. The van der Waals surface area contributed by atoms with Crippen LogP contribution in [0.25, 0.3) is 0 Å². The number of unbranched alkanes of at least 4 members (excludes halogenated alkanes) is 5. The van der Waals surface area contributed by atoms with Crippen LogP contribution in [0.4, 0.5) is 0 Å². The van der Waals surface area contributed by atoms with Crippen molar-refractivity contribution in [3.05, 3.63) is 34.9 Å². The molecule has 18 atom stereocenters. The molecule has 0 radical (unpaired) electrons. The van der Waals surface area contributed by atoms with Gasteiger partial charge in [0.15, 0.2) is 24.7 Å². The summed E-state index contributed by atoms with van der Waals surface area (Å²) in [6, 6.07) is 2.44. The van der Waals surface area contributed by atoms with Crippen molar-refractivity contribution >= 4 is 48.8 Å². The van der Waals surface area contributed by atoms with Crippen molar-refractivity contribution in [1.82, 2.24) is 21.3 Å². The van der Waals surface area contributed by atoms with Crippen LogP contribution in [-0.4, -0.2) is 236 Å². The highest BCUT2D eigenvalue weighted by atomic mass is 31.2. The topological polar surface area (TPSA) is 481 Å². The highest BCUT2D eigenvalue weighted by Gasteiger charge is 2.46. The number of phosphoric ester groups is 1. The van der Waals surface area contributed by atoms with Gasteiger partial charge in [-0.15, -0.1) is 0 Å². The second kappa shape index (κ2) is 43.1. The van der Waals surface area contributed by atoms with Gasteiger partial charge in [-0.2, -0.15) is 0 Å². The minimum absolute atomic E-state index is 0.00959. The Morgan fingerprint density at radius 2 is 1.06 bits per heavy atom. The van der Waals surface area contributed by atoms with Gasteiger partial charge < -0.3 is 106 Å². The van der Waals surface area contributed by atoms with Crippen LogP contribution in [0.2, 0.25) is 0 Å². The molecule has 1 aromatic rings. The third-order valence-electron chi connectivity index (χ3n) is 16.8. The first-order valence-corrected chi connectivity index (χ1v) is 33.9. The molecule has 3 heterocycles. The molecular formula is C62H103N4O27P.